The van der Waals surface area contributed by atoms with Crippen LogP contribution in [-0.4, -0.2) is 37.9 Å². The fraction of sp³-hybridized carbons (Fsp3) is 0.190. The van der Waals surface area contributed by atoms with Crippen molar-refractivity contribution in [2.24, 2.45) is 5.10 Å². The van der Waals surface area contributed by atoms with Crippen molar-refractivity contribution in [1.82, 2.24) is 4.98 Å². The van der Waals surface area contributed by atoms with Crippen molar-refractivity contribution < 1.29 is 19.0 Å². The Morgan fingerprint density at radius 2 is 1.97 bits per heavy atom. The Labute approximate surface area is 192 Å². The number of nitrogens with zero attached hydrogens (tertiary/aromatic N) is 2. The predicted molar refractivity (Wildman–Crippen MR) is 126 cm³/mol. The lowest BCUT2D eigenvalue weighted by Gasteiger charge is -2.13. The van der Waals surface area contributed by atoms with E-state index in [4.69, 9.17) is 14.2 Å². The first-order valence-corrected chi connectivity index (χ1v) is 10.8. The summed E-state index contributed by atoms with van der Waals surface area (Å²) in [5, 5.41) is 9.61. The van der Waals surface area contributed by atoms with E-state index >= 15 is 0 Å². The molecule has 3 aromatic rings. The molecule has 3 rings (SSSR count). The Morgan fingerprint density at radius 3 is 2.68 bits per heavy atom. The zero-order chi connectivity index (χ0) is 22.2. The Balaban J connectivity index is 1.64. The fourth-order valence-electron chi connectivity index (χ4n) is 2.56. The van der Waals surface area contributed by atoms with Gasteiger partial charge in [0, 0.05) is 15.4 Å². The van der Waals surface area contributed by atoms with E-state index in [9.17, 15) is 4.79 Å². The van der Waals surface area contributed by atoms with Crippen LogP contribution >= 0.6 is 27.3 Å². The standard InChI is InChI=1S/C21H21BrN4O4S/c1-13-12-31-21(24-13)26-23-10-14-8-18(29-3)19(9-15(14)22)30-11-20(27)25-16-6-4-5-7-17(16)28-2/h4-10,12H,11H2,1-3H3,(H,24,26)(H,25,27). The number of anilines is 2. The van der Waals surface area contributed by atoms with Gasteiger partial charge in [0.05, 0.1) is 31.8 Å². The van der Waals surface area contributed by atoms with E-state index in [-0.39, 0.29) is 12.5 Å². The molecule has 0 aliphatic heterocycles. The first-order valence-electron chi connectivity index (χ1n) is 9.14. The van der Waals surface area contributed by atoms with Crippen LogP contribution < -0.4 is 25.0 Å². The fourth-order valence-corrected chi connectivity index (χ4v) is 3.62. The highest BCUT2D eigenvalue weighted by Gasteiger charge is 2.13. The van der Waals surface area contributed by atoms with Gasteiger partial charge in [-0.2, -0.15) is 5.10 Å². The van der Waals surface area contributed by atoms with Crippen LogP contribution in [0.3, 0.4) is 0 Å². The van der Waals surface area contributed by atoms with Crippen LogP contribution in [0.25, 0.3) is 0 Å². The summed E-state index contributed by atoms with van der Waals surface area (Å²) in [6.07, 6.45) is 1.64. The number of hydrogen-bond acceptors (Lipinski definition) is 8. The zero-order valence-corrected chi connectivity index (χ0v) is 19.5. The van der Waals surface area contributed by atoms with Crippen LogP contribution in [0.1, 0.15) is 11.3 Å². The molecule has 0 atom stereocenters. The molecular formula is C21H21BrN4O4S. The summed E-state index contributed by atoms with van der Waals surface area (Å²) in [4.78, 5) is 16.6. The van der Waals surface area contributed by atoms with Crippen molar-refractivity contribution in [3.05, 3.63) is 57.5 Å². The maximum absolute atomic E-state index is 12.3. The van der Waals surface area contributed by atoms with Gasteiger partial charge in [0.15, 0.2) is 18.1 Å². The maximum Gasteiger partial charge on any atom is 0.262 e. The van der Waals surface area contributed by atoms with Gasteiger partial charge in [-0.1, -0.05) is 12.1 Å². The lowest BCUT2D eigenvalue weighted by Crippen LogP contribution is -2.20. The second-order valence-electron chi connectivity index (χ2n) is 6.23. The Bertz CT molecular complexity index is 1090. The summed E-state index contributed by atoms with van der Waals surface area (Å²) in [6, 6.07) is 10.6. The van der Waals surface area contributed by atoms with Crippen LogP contribution in [0.15, 0.2) is 51.4 Å². The first kappa shape index (κ1) is 22.6. The minimum atomic E-state index is -0.323. The first-order chi connectivity index (χ1) is 15.0. The number of carbonyl (C=O) groups is 1. The van der Waals surface area contributed by atoms with Gasteiger partial charge in [-0.25, -0.2) is 4.98 Å². The van der Waals surface area contributed by atoms with Gasteiger partial charge in [0.25, 0.3) is 5.91 Å². The van der Waals surface area contributed by atoms with Crippen molar-refractivity contribution in [2.75, 3.05) is 31.6 Å². The molecule has 162 valence electrons. The van der Waals surface area contributed by atoms with Gasteiger partial charge in [0.2, 0.25) is 5.13 Å². The zero-order valence-electron chi connectivity index (χ0n) is 17.1. The van der Waals surface area contributed by atoms with Crippen molar-refractivity contribution >= 4 is 50.2 Å². The SMILES string of the molecule is COc1ccccc1NC(=O)COc1cc(Br)c(C=NNc2nc(C)cs2)cc1OC. The van der Waals surface area contributed by atoms with Crippen LogP contribution in [0, 0.1) is 6.92 Å². The number of thiazole rings is 1. The number of aryl methyl sites for hydroxylation is 1. The molecule has 0 spiro atoms. The third-order valence-corrected chi connectivity index (χ3v) is 5.56. The molecule has 31 heavy (non-hydrogen) atoms. The Kier molecular flexibility index (Phi) is 7.85. The number of ether oxygens (including phenoxy) is 3. The molecule has 2 aromatic carbocycles. The average molecular weight is 505 g/mol. The number of hydrogen-bond donors (Lipinski definition) is 2. The second kappa shape index (κ2) is 10.8. The molecule has 0 saturated heterocycles. The number of rotatable bonds is 9. The third-order valence-electron chi connectivity index (χ3n) is 4.01. The number of hydrazone groups is 1. The molecule has 1 amide bonds. The minimum absolute atomic E-state index is 0.195. The van der Waals surface area contributed by atoms with Gasteiger partial charge in [-0.05, 0) is 47.1 Å². The van der Waals surface area contributed by atoms with Gasteiger partial charge in [-0.15, -0.1) is 11.3 Å². The van der Waals surface area contributed by atoms with Crippen molar-refractivity contribution in [2.45, 2.75) is 6.92 Å². The monoisotopic (exact) mass is 504 g/mol. The van der Waals surface area contributed by atoms with Crippen LogP contribution in [0.2, 0.25) is 0 Å². The second-order valence-corrected chi connectivity index (χ2v) is 7.94. The molecule has 0 fully saturated rings. The van der Waals surface area contributed by atoms with Gasteiger partial charge < -0.3 is 19.5 Å². The number of methoxy groups -OCH3 is 2. The topological polar surface area (TPSA) is 94.1 Å². The molecule has 0 saturated carbocycles. The third kappa shape index (κ3) is 6.19. The maximum atomic E-state index is 12.3. The molecule has 1 aromatic heterocycles. The summed E-state index contributed by atoms with van der Waals surface area (Å²) in [6.45, 7) is 1.72. The number of benzene rings is 2. The van der Waals surface area contributed by atoms with Gasteiger partial charge in [-0.3, -0.25) is 10.2 Å². The lowest BCUT2D eigenvalue weighted by atomic mass is 10.2. The largest absolute Gasteiger partial charge is 0.495 e. The smallest absolute Gasteiger partial charge is 0.262 e. The van der Waals surface area contributed by atoms with Crippen LogP contribution in [0.4, 0.5) is 10.8 Å². The molecule has 10 heteroatoms. The number of halogens is 1. The highest BCUT2D eigenvalue weighted by molar-refractivity contribution is 9.10. The molecule has 0 aliphatic rings. The number of aromatic nitrogens is 1. The van der Waals surface area contributed by atoms with Crippen molar-refractivity contribution in [3.8, 4) is 17.2 Å². The van der Waals surface area contributed by atoms with Gasteiger partial charge >= 0.3 is 0 Å². The van der Waals surface area contributed by atoms with E-state index in [1.807, 2.05) is 24.4 Å². The molecule has 0 bridgehead atoms. The van der Waals surface area contributed by atoms with E-state index < -0.39 is 0 Å². The van der Waals surface area contributed by atoms with Crippen molar-refractivity contribution in [3.63, 3.8) is 0 Å². The summed E-state index contributed by atoms with van der Waals surface area (Å²) >= 11 is 4.97. The van der Waals surface area contributed by atoms with Crippen molar-refractivity contribution in [1.29, 1.82) is 0 Å². The van der Waals surface area contributed by atoms with Crippen LogP contribution in [-0.2, 0) is 4.79 Å². The van der Waals surface area contributed by atoms with Crippen LogP contribution in [0.5, 0.6) is 17.2 Å². The minimum Gasteiger partial charge on any atom is -0.495 e. The normalized spacial score (nSPS) is 10.7. The van der Waals surface area contributed by atoms with Gasteiger partial charge in [0.1, 0.15) is 5.75 Å². The highest BCUT2D eigenvalue weighted by Crippen LogP contribution is 2.33. The number of nitrogens with one attached hydrogen (secondary N) is 2. The molecule has 8 nitrogen and oxygen atoms in total. The van der Waals surface area contributed by atoms with E-state index in [2.05, 4.69) is 36.8 Å². The highest BCUT2D eigenvalue weighted by atomic mass is 79.9. The molecule has 2 N–H and O–H groups in total. The van der Waals surface area contributed by atoms with E-state index in [1.165, 1.54) is 18.4 Å². The van der Waals surface area contributed by atoms with E-state index in [0.717, 1.165) is 15.7 Å². The Hall–Kier alpha value is -3.11. The predicted octanol–water partition coefficient (Wildman–Crippen LogP) is 4.69. The number of carbonyl (C=O) groups excluding carboxylic acids is 1. The number of para-hydroxylation sites is 2. The summed E-state index contributed by atoms with van der Waals surface area (Å²) in [7, 11) is 3.07. The average Bonchev–Trinajstić information content (AvgIpc) is 3.18. The lowest BCUT2D eigenvalue weighted by molar-refractivity contribution is -0.118. The molecule has 1 heterocycles. The molecule has 0 radical (unpaired) electrons. The summed E-state index contributed by atoms with van der Waals surface area (Å²) in [5.41, 5.74) is 5.16. The van der Waals surface area contributed by atoms with E-state index in [0.29, 0.717) is 28.1 Å². The Morgan fingerprint density at radius 1 is 1.19 bits per heavy atom. The molecule has 0 aliphatic carbocycles. The molecule has 0 unspecified atom stereocenters. The summed E-state index contributed by atoms with van der Waals surface area (Å²) < 4.78 is 17.0. The quantitative estimate of drug-likeness (QED) is 0.324. The molecular weight excluding hydrogens is 484 g/mol. The summed E-state index contributed by atoms with van der Waals surface area (Å²) in [5.74, 6) is 1.14. The number of amides is 1. The van der Waals surface area contributed by atoms with E-state index in [1.54, 1.807) is 37.6 Å².